The Hall–Kier alpha value is -3.32. The topological polar surface area (TPSA) is 46.6 Å². The minimum Gasteiger partial charge on any atom is -0.488 e. The number of halogens is 3. The highest BCUT2D eigenvalue weighted by atomic mass is 35.5. The van der Waals surface area contributed by atoms with Gasteiger partial charge in [0.05, 0.1) is 11.4 Å². The molecule has 0 atom stereocenters. The molecule has 1 saturated heterocycles. The van der Waals surface area contributed by atoms with Crippen LogP contribution in [0.15, 0.2) is 83.8 Å². The normalized spacial score (nSPS) is 14.8. The van der Waals surface area contributed by atoms with Crippen molar-refractivity contribution in [2.45, 2.75) is 13.2 Å². The van der Waals surface area contributed by atoms with E-state index < -0.39 is 17.0 Å². The number of imide groups is 1. The molecule has 5 rings (SSSR count). The van der Waals surface area contributed by atoms with Gasteiger partial charge in [0.1, 0.15) is 18.2 Å². The van der Waals surface area contributed by atoms with Crippen LogP contribution >= 0.6 is 35.0 Å². The number of benzene rings is 4. The molecule has 4 nitrogen and oxygen atoms in total. The molecule has 8 heteroatoms. The zero-order valence-corrected chi connectivity index (χ0v) is 21.0. The highest BCUT2D eigenvalue weighted by Crippen LogP contribution is 2.38. The predicted molar refractivity (Wildman–Crippen MR) is 143 cm³/mol. The highest BCUT2D eigenvalue weighted by molar-refractivity contribution is 8.18. The van der Waals surface area contributed by atoms with Crippen LogP contribution in [0.25, 0.3) is 16.8 Å². The van der Waals surface area contributed by atoms with Gasteiger partial charge in [-0.15, -0.1) is 0 Å². The fourth-order valence-electron chi connectivity index (χ4n) is 3.88. The summed E-state index contributed by atoms with van der Waals surface area (Å²) in [5.74, 6) is -0.348. The van der Waals surface area contributed by atoms with E-state index in [1.54, 1.807) is 18.2 Å². The Kier molecular flexibility index (Phi) is 7.01. The first-order chi connectivity index (χ1) is 17.4. The van der Waals surface area contributed by atoms with E-state index in [0.717, 1.165) is 39.1 Å². The van der Waals surface area contributed by atoms with Crippen LogP contribution < -0.4 is 4.74 Å². The number of nitrogens with zero attached hydrogens (tertiary/aromatic N) is 1. The number of rotatable bonds is 6. The zero-order chi connectivity index (χ0) is 25.2. The molecule has 0 spiro atoms. The third kappa shape index (κ3) is 5.12. The van der Waals surface area contributed by atoms with Crippen molar-refractivity contribution in [2.75, 3.05) is 0 Å². The molecule has 1 fully saturated rings. The van der Waals surface area contributed by atoms with Crippen LogP contribution in [0.4, 0.5) is 9.18 Å². The van der Waals surface area contributed by atoms with Crippen molar-refractivity contribution in [1.29, 1.82) is 0 Å². The lowest BCUT2D eigenvalue weighted by Crippen LogP contribution is -2.27. The van der Waals surface area contributed by atoms with Crippen LogP contribution in [0.5, 0.6) is 5.75 Å². The fraction of sp³-hybridized carbons (Fsp3) is 0.0714. The maximum Gasteiger partial charge on any atom is 0.293 e. The predicted octanol–water partition coefficient (Wildman–Crippen LogP) is 8.10. The summed E-state index contributed by atoms with van der Waals surface area (Å²) in [5, 5.41) is 2.24. The van der Waals surface area contributed by atoms with Crippen molar-refractivity contribution in [2.24, 2.45) is 0 Å². The smallest absolute Gasteiger partial charge is 0.293 e. The minimum absolute atomic E-state index is 0.0451. The maximum atomic E-state index is 13.4. The molecule has 0 bridgehead atoms. The van der Waals surface area contributed by atoms with E-state index in [1.165, 1.54) is 12.1 Å². The molecule has 4 aromatic rings. The van der Waals surface area contributed by atoms with E-state index >= 15 is 0 Å². The van der Waals surface area contributed by atoms with Crippen LogP contribution in [0, 0.1) is 5.82 Å². The molecular formula is C28H18Cl2FNO3S. The third-order valence-corrected chi connectivity index (χ3v) is 7.24. The van der Waals surface area contributed by atoms with Gasteiger partial charge in [-0.2, -0.15) is 0 Å². The van der Waals surface area contributed by atoms with Gasteiger partial charge < -0.3 is 4.74 Å². The summed E-state index contributed by atoms with van der Waals surface area (Å²) in [6.07, 6.45) is 1.69. The minimum atomic E-state index is -0.486. The quantitative estimate of drug-likeness (QED) is 0.233. The highest BCUT2D eigenvalue weighted by Gasteiger charge is 2.35. The summed E-state index contributed by atoms with van der Waals surface area (Å²) in [4.78, 5) is 27.3. The Morgan fingerprint density at radius 2 is 1.72 bits per heavy atom. The lowest BCUT2D eigenvalue weighted by molar-refractivity contribution is -0.123. The van der Waals surface area contributed by atoms with Crippen molar-refractivity contribution < 1.29 is 18.7 Å². The molecule has 0 N–H and O–H groups in total. The summed E-state index contributed by atoms with van der Waals surface area (Å²) in [6, 6.07) is 22.8. The number of fused-ring (bicyclic) bond motifs is 1. The number of amides is 2. The maximum absolute atomic E-state index is 13.4. The molecule has 0 unspecified atom stereocenters. The average molecular weight is 538 g/mol. The zero-order valence-electron chi connectivity index (χ0n) is 18.7. The van der Waals surface area contributed by atoms with E-state index in [9.17, 15) is 14.0 Å². The lowest BCUT2D eigenvalue weighted by atomic mass is 10.0. The molecule has 2 amide bonds. The van der Waals surface area contributed by atoms with Gasteiger partial charge in [0.15, 0.2) is 0 Å². The average Bonchev–Trinajstić information content (AvgIpc) is 3.13. The van der Waals surface area contributed by atoms with Crippen LogP contribution in [0.2, 0.25) is 10.0 Å². The Morgan fingerprint density at radius 3 is 2.50 bits per heavy atom. The molecule has 1 aliphatic heterocycles. The van der Waals surface area contributed by atoms with Crippen LogP contribution in [-0.4, -0.2) is 16.0 Å². The van der Waals surface area contributed by atoms with Crippen LogP contribution in [0.1, 0.15) is 16.7 Å². The Balaban J connectivity index is 1.47. The molecule has 0 saturated carbocycles. The van der Waals surface area contributed by atoms with Crippen LogP contribution in [0.3, 0.4) is 0 Å². The van der Waals surface area contributed by atoms with Gasteiger partial charge in [-0.05, 0) is 70.1 Å². The van der Waals surface area contributed by atoms with Crippen molar-refractivity contribution >= 4 is 63.0 Å². The largest absolute Gasteiger partial charge is 0.488 e. The van der Waals surface area contributed by atoms with Crippen LogP contribution in [-0.2, 0) is 17.9 Å². The third-order valence-electron chi connectivity index (χ3n) is 5.73. The lowest BCUT2D eigenvalue weighted by Gasteiger charge is -2.14. The molecular weight excluding hydrogens is 520 g/mol. The summed E-state index contributed by atoms with van der Waals surface area (Å²) < 4.78 is 19.5. The first-order valence-corrected chi connectivity index (χ1v) is 12.5. The van der Waals surface area contributed by atoms with Crippen molar-refractivity contribution in [3.63, 3.8) is 0 Å². The fourth-order valence-corrected chi connectivity index (χ4v) is 5.05. The van der Waals surface area contributed by atoms with Gasteiger partial charge in [0.2, 0.25) is 0 Å². The number of carbonyl (C=O) groups is 2. The molecule has 4 aromatic carbocycles. The Bertz CT molecular complexity index is 1520. The second-order valence-corrected chi connectivity index (χ2v) is 9.95. The number of hydrogen-bond donors (Lipinski definition) is 0. The monoisotopic (exact) mass is 537 g/mol. The second-order valence-electron chi connectivity index (χ2n) is 8.12. The number of thioether (sulfide) groups is 1. The van der Waals surface area contributed by atoms with Gasteiger partial charge in [-0.1, -0.05) is 71.7 Å². The number of hydrogen-bond acceptors (Lipinski definition) is 4. The molecule has 1 heterocycles. The molecule has 36 heavy (non-hydrogen) atoms. The van der Waals surface area contributed by atoms with Crippen molar-refractivity contribution in [3.8, 4) is 5.75 Å². The molecule has 180 valence electrons. The number of ether oxygens (including phenoxy) is 1. The van der Waals surface area contributed by atoms with Gasteiger partial charge >= 0.3 is 0 Å². The van der Waals surface area contributed by atoms with E-state index in [0.29, 0.717) is 28.5 Å². The van der Waals surface area contributed by atoms with Crippen molar-refractivity contribution in [3.05, 3.63) is 116 Å². The van der Waals surface area contributed by atoms with Gasteiger partial charge in [-0.3, -0.25) is 14.5 Å². The summed E-state index contributed by atoms with van der Waals surface area (Å²) in [6.45, 7) is 0.261. The molecule has 0 radical (unpaired) electrons. The molecule has 0 aromatic heterocycles. The van der Waals surface area contributed by atoms with Gasteiger partial charge in [0.25, 0.3) is 11.1 Å². The molecule has 0 aliphatic carbocycles. The number of carbonyl (C=O) groups excluding carboxylic acids is 2. The van der Waals surface area contributed by atoms with E-state index in [4.69, 9.17) is 27.9 Å². The standard InChI is InChI=1S/C28H18Cl2FNO3S/c29-20-9-5-17(6-10-20)16-35-25-12-8-18-3-1-2-4-22(18)23(25)14-26-27(33)32(28(34)36-26)15-19-7-11-21(31)13-24(19)30/h1-14H,15-16H2/b26-14-. The van der Waals surface area contributed by atoms with E-state index in [-0.39, 0.29) is 16.5 Å². The summed E-state index contributed by atoms with van der Waals surface area (Å²) >= 11 is 12.9. The van der Waals surface area contributed by atoms with E-state index in [2.05, 4.69) is 0 Å². The van der Waals surface area contributed by atoms with Gasteiger partial charge in [0, 0.05) is 15.6 Å². The Labute approximate surface area is 221 Å². The SMILES string of the molecule is O=C1S/C(=C\c2c(OCc3ccc(Cl)cc3)ccc3ccccc23)C(=O)N1Cc1ccc(F)cc1Cl. The van der Waals surface area contributed by atoms with E-state index in [1.807, 2.05) is 48.5 Å². The summed E-state index contributed by atoms with van der Waals surface area (Å²) in [7, 11) is 0. The second kappa shape index (κ2) is 10.3. The van der Waals surface area contributed by atoms with Crippen molar-refractivity contribution in [1.82, 2.24) is 4.90 Å². The van der Waals surface area contributed by atoms with Gasteiger partial charge in [-0.25, -0.2) is 4.39 Å². The molecule has 1 aliphatic rings. The Morgan fingerprint density at radius 1 is 0.944 bits per heavy atom. The first-order valence-electron chi connectivity index (χ1n) is 11.0. The first kappa shape index (κ1) is 24.4. The summed E-state index contributed by atoms with van der Waals surface area (Å²) in [5.41, 5.74) is 2.13.